The van der Waals surface area contributed by atoms with Gasteiger partial charge in [0.15, 0.2) is 5.65 Å². The fraction of sp³-hybridized carbons (Fsp3) is 0.208. The Kier molecular flexibility index (Phi) is 5.47. The van der Waals surface area contributed by atoms with E-state index in [1.54, 1.807) is 0 Å². The second-order valence-electron chi connectivity index (χ2n) is 7.22. The molecule has 0 aliphatic rings. The molecule has 0 aliphatic heterocycles. The lowest BCUT2D eigenvalue weighted by Crippen LogP contribution is -2.22. The van der Waals surface area contributed by atoms with Crippen molar-refractivity contribution >= 4 is 40.0 Å². The molecule has 4 rings (SSSR count). The van der Waals surface area contributed by atoms with Crippen LogP contribution in [0, 0.1) is 18.3 Å². The molecular weight excluding hydrogens is 392 g/mol. The number of aryl methyl sites for hydroxylation is 2. The van der Waals surface area contributed by atoms with Crippen LogP contribution in [0.4, 0.5) is 5.69 Å². The Bertz CT molecular complexity index is 1280. The minimum absolute atomic E-state index is 0.0659. The third-order valence-corrected chi connectivity index (χ3v) is 6.21. The number of aromatic nitrogens is 2. The minimum Gasteiger partial charge on any atom is -0.325 e. The Labute approximate surface area is 179 Å². The van der Waals surface area contributed by atoms with Gasteiger partial charge in [0.2, 0.25) is 5.91 Å². The zero-order valence-electron chi connectivity index (χ0n) is 17.1. The first-order chi connectivity index (χ1) is 14.5. The Hall–Kier alpha value is -3.30. The maximum absolute atomic E-state index is 12.8. The lowest BCUT2D eigenvalue weighted by molar-refractivity contribution is -0.115. The number of carbonyl (C=O) groups is 1. The van der Waals surface area contributed by atoms with E-state index < -0.39 is 0 Å². The van der Waals surface area contributed by atoms with Crippen molar-refractivity contribution in [2.24, 2.45) is 0 Å². The number of amides is 1. The van der Waals surface area contributed by atoms with Gasteiger partial charge < -0.3 is 5.32 Å². The number of anilines is 1. The van der Waals surface area contributed by atoms with Crippen LogP contribution in [0.5, 0.6) is 0 Å². The third kappa shape index (κ3) is 3.64. The minimum atomic E-state index is -0.326. The first-order valence-electron chi connectivity index (χ1n) is 9.89. The van der Waals surface area contributed by atoms with E-state index in [0.29, 0.717) is 11.2 Å². The number of thioether (sulfide) groups is 1. The van der Waals surface area contributed by atoms with E-state index in [1.165, 1.54) is 11.8 Å². The van der Waals surface area contributed by atoms with Gasteiger partial charge in [0.05, 0.1) is 26.9 Å². The third-order valence-electron chi connectivity index (χ3n) is 5.10. The lowest BCUT2D eigenvalue weighted by Gasteiger charge is -2.15. The summed E-state index contributed by atoms with van der Waals surface area (Å²) < 4.78 is 1.99. The molecular formula is C24H22N4OS. The topological polar surface area (TPSA) is 70.2 Å². The van der Waals surface area contributed by atoms with Gasteiger partial charge in [0.1, 0.15) is 6.07 Å². The van der Waals surface area contributed by atoms with Gasteiger partial charge in [-0.05, 0) is 56.2 Å². The number of para-hydroxylation sites is 2. The number of hydrogen-bond acceptors (Lipinski definition) is 4. The maximum atomic E-state index is 12.8. The fourth-order valence-electron chi connectivity index (χ4n) is 3.45. The summed E-state index contributed by atoms with van der Waals surface area (Å²) in [5.41, 5.74) is 5.87. The molecule has 0 saturated carbocycles. The molecule has 1 amide bonds. The highest BCUT2D eigenvalue weighted by Crippen LogP contribution is 2.32. The van der Waals surface area contributed by atoms with Crippen LogP contribution in [0.25, 0.3) is 16.7 Å². The van der Waals surface area contributed by atoms with E-state index >= 15 is 0 Å². The van der Waals surface area contributed by atoms with E-state index in [1.807, 2.05) is 79.8 Å². The number of nitrogens with zero attached hydrogens (tertiary/aromatic N) is 3. The van der Waals surface area contributed by atoms with Gasteiger partial charge in [0.25, 0.3) is 0 Å². The van der Waals surface area contributed by atoms with Crippen LogP contribution in [0.2, 0.25) is 0 Å². The highest BCUT2D eigenvalue weighted by Gasteiger charge is 2.21. The Balaban J connectivity index is 1.73. The number of benzene rings is 2. The molecule has 4 aromatic rings. The molecule has 1 N–H and O–H groups in total. The smallest absolute Gasteiger partial charge is 0.237 e. The average molecular weight is 415 g/mol. The molecule has 6 heteroatoms. The molecule has 2 aromatic heterocycles. The van der Waals surface area contributed by atoms with E-state index in [-0.39, 0.29) is 11.2 Å². The summed E-state index contributed by atoms with van der Waals surface area (Å²) in [5.74, 6) is -0.0659. The largest absolute Gasteiger partial charge is 0.325 e. The van der Waals surface area contributed by atoms with Gasteiger partial charge in [-0.2, -0.15) is 5.26 Å². The molecule has 0 radical (unpaired) electrons. The summed E-state index contributed by atoms with van der Waals surface area (Å²) >= 11 is 1.47. The molecule has 2 heterocycles. The van der Waals surface area contributed by atoms with Crippen molar-refractivity contribution in [1.82, 2.24) is 9.38 Å². The van der Waals surface area contributed by atoms with Crippen molar-refractivity contribution in [1.29, 1.82) is 5.26 Å². The molecule has 2 aromatic carbocycles. The van der Waals surface area contributed by atoms with Gasteiger partial charge in [-0.15, -0.1) is 0 Å². The molecule has 0 aliphatic carbocycles. The molecule has 0 bridgehead atoms. The van der Waals surface area contributed by atoms with Gasteiger partial charge in [-0.1, -0.05) is 48.5 Å². The van der Waals surface area contributed by atoms with E-state index in [4.69, 9.17) is 4.98 Å². The van der Waals surface area contributed by atoms with Crippen molar-refractivity contribution in [3.05, 3.63) is 71.3 Å². The van der Waals surface area contributed by atoms with Gasteiger partial charge in [-0.25, -0.2) is 4.98 Å². The summed E-state index contributed by atoms with van der Waals surface area (Å²) in [6.45, 7) is 5.93. The molecule has 5 nitrogen and oxygen atoms in total. The summed E-state index contributed by atoms with van der Waals surface area (Å²) in [4.78, 5) is 17.5. The second kappa shape index (κ2) is 8.21. The van der Waals surface area contributed by atoms with Crippen LogP contribution >= 0.6 is 11.8 Å². The number of carbonyl (C=O) groups excluding carboxylic acids is 1. The van der Waals surface area contributed by atoms with Crippen LogP contribution in [0.15, 0.2) is 59.6 Å². The lowest BCUT2D eigenvalue weighted by atomic mass is 10.1. The Morgan fingerprint density at radius 1 is 1.23 bits per heavy atom. The molecule has 0 unspecified atom stereocenters. The summed E-state index contributed by atoms with van der Waals surface area (Å²) in [5, 5.41) is 13.3. The molecule has 30 heavy (non-hydrogen) atoms. The number of nitriles is 1. The molecule has 0 fully saturated rings. The normalized spacial score (nSPS) is 12.1. The maximum Gasteiger partial charge on any atom is 0.237 e. The molecule has 0 spiro atoms. The van der Waals surface area contributed by atoms with E-state index in [2.05, 4.69) is 11.4 Å². The molecule has 150 valence electrons. The average Bonchev–Trinajstić information content (AvgIpc) is 3.14. The number of hydrogen-bond donors (Lipinski definition) is 1. The van der Waals surface area contributed by atoms with Crippen LogP contribution in [-0.2, 0) is 11.2 Å². The van der Waals surface area contributed by atoms with Crippen LogP contribution in [0.1, 0.15) is 30.5 Å². The quantitative estimate of drug-likeness (QED) is 0.447. The molecule has 0 saturated heterocycles. The van der Waals surface area contributed by atoms with Gasteiger partial charge in [-0.3, -0.25) is 9.20 Å². The summed E-state index contributed by atoms with van der Waals surface area (Å²) in [6.07, 6.45) is 0.722. The summed E-state index contributed by atoms with van der Waals surface area (Å²) in [7, 11) is 0. The van der Waals surface area contributed by atoms with Crippen LogP contribution in [0.3, 0.4) is 0 Å². The fourth-order valence-corrected chi connectivity index (χ4v) is 4.48. The highest BCUT2D eigenvalue weighted by atomic mass is 32.2. The predicted molar refractivity (Wildman–Crippen MR) is 122 cm³/mol. The van der Waals surface area contributed by atoms with Crippen molar-refractivity contribution < 1.29 is 4.79 Å². The Morgan fingerprint density at radius 3 is 2.67 bits per heavy atom. The first kappa shape index (κ1) is 20.0. The number of nitrogens with one attached hydrogen (secondary N) is 1. The zero-order chi connectivity index (χ0) is 21.3. The van der Waals surface area contributed by atoms with Crippen LogP contribution in [-0.4, -0.2) is 20.5 Å². The first-order valence-corrected chi connectivity index (χ1v) is 10.8. The van der Waals surface area contributed by atoms with Crippen LogP contribution < -0.4 is 5.32 Å². The van der Waals surface area contributed by atoms with Gasteiger partial charge in [0, 0.05) is 5.69 Å². The molecule has 1 atom stereocenters. The zero-order valence-corrected chi connectivity index (χ0v) is 18.0. The van der Waals surface area contributed by atoms with Crippen molar-refractivity contribution in [3.8, 4) is 6.07 Å². The number of imidazole rings is 1. The number of fused-ring (bicyclic) bond motifs is 3. The number of rotatable bonds is 5. The monoisotopic (exact) mass is 414 g/mol. The predicted octanol–water partition coefficient (Wildman–Crippen LogP) is 5.35. The standard InChI is InChI=1S/C24H22N4OS/c1-4-17-13-22(30-16(3)24(29)26-18-11-9-15(2)10-12-18)28-21-8-6-5-7-20(21)27-23(28)19(17)14-25/h5-13,16H,4H2,1-3H3,(H,26,29)/t16-/m0/s1. The van der Waals surface area contributed by atoms with Gasteiger partial charge >= 0.3 is 0 Å². The SMILES string of the molecule is CCc1cc(S[C@@H](C)C(=O)Nc2ccc(C)cc2)n2c(nc3ccccc32)c1C#N. The highest BCUT2D eigenvalue weighted by molar-refractivity contribution is 8.00. The van der Waals surface area contributed by atoms with E-state index in [9.17, 15) is 10.1 Å². The van der Waals surface area contributed by atoms with Crippen molar-refractivity contribution in [3.63, 3.8) is 0 Å². The second-order valence-corrected chi connectivity index (χ2v) is 8.58. The van der Waals surface area contributed by atoms with Crippen molar-refractivity contribution in [2.75, 3.05) is 5.32 Å². The summed E-state index contributed by atoms with van der Waals surface area (Å²) in [6, 6.07) is 19.9. The Morgan fingerprint density at radius 2 is 1.97 bits per heavy atom. The van der Waals surface area contributed by atoms with E-state index in [0.717, 1.165) is 39.3 Å². The van der Waals surface area contributed by atoms with Crippen molar-refractivity contribution in [2.45, 2.75) is 37.5 Å². The number of pyridine rings is 1.